The van der Waals surface area contributed by atoms with Gasteiger partial charge in [0.15, 0.2) is 17.5 Å². The molecule has 2 aromatic carbocycles. The van der Waals surface area contributed by atoms with Gasteiger partial charge >= 0.3 is 6.03 Å². The Morgan fingerprint density at radius 1 is 1.12 bits per heavy atom. The fourth-order valence-corrected chi connectivity index (χ4v) is 4.19. The lowest BCUT2D eigenvalue weighted by atomic mass is 10.1. The van der Waals surface area contributed by atoms with Gasteiger partial charge in [0.1, 0.15) is 0 Å². The number of para-hydroxylation sites is 1. The smallest absolute Gasteiger partial charge is 0.314 e. The Balaban J connectivity index is 1.43. The maximum absolute atomic E-state index is 13.5. The van der Waals surface area contributed by atoms with Crippen molar-refractivity contribution < 1.29 is 22.8 Å². The zero-order valence-corrected chi connectivity index (χ0v) is 17.0. The minimum absolute atomic E-state index is 0.0890. The third kappa shape index (κ3) is 3.19. The van der Waals surface area contributed by atoms with E-state index in [4.69, 9.17) is 0 Å². The molecule has 2 aliphatic heterocycles. The molecule has 0 spiro atoms. The highest BCUT2D eigenvalue weighted by molar-refractivity contribution is 6.07. The van der Waals surface area contributed by atoms with Gasteiger partial charge in [-0.15, -0.1) is 0 Å². The van der Waals surface area contributed by atoms with Crippen LogP contribution in [0.4, 0.5) is 35.0 Å². The van der Waals surface area contributed by atoms with Crippen molar-refractivity contribution in [2.45, 2.75) is 32.5 Å². The largest absolute Gasteiger partial charge is 0.322 e. The molecule has 1 aromatic heterocycles. The highest BCUT2D eigenvalue weighted by atomic mass is 19.2. The van der Waals surface area contributed by atoms with E-state index in [1.165, 1.54) is 4.90 Å². The van der Waals surface area contributed by atoms with Crippen LogP contribution in [0, 0.1) is 17.5 Å². The highest BCUT2D eigenvalue weighted by Gasteiger charge is 2.35. The van der Waals surface area contributed by atoms with Crippen LogP contribution in [0.3, 0.4) is 0 Å². The number of urea groups is 1. The minimum Gasteiger partial charge on any atom is -0.314 e. The third-order valence-electron chi connectivity index (χ3n) is 5.78. The first kappa shape index (κ1) is 20.1. The molecule has 1 N–H and O–H groups in total. The molecule has 10 heteroatoms. The number of amides is 3. The molecule has 2 aliphatic rings. The molecule has 1 atom stereocenters. The topological polar surface area (TPSA) is 70.5 Å². The standard InChI is InChI=1S/C22H18F3N5O2/c1-12-10-29-19(11-28(12)22(32)27-14-7-15(23)21(25)16(24)8-14)18(9-26-29)30-17-5-3-2-4-13(17)6-20(30)31/h2-5,7-9,12H,6,10-11H2,1H3,(H,27,32)/t12-/m0/s1. The molecule has 3 heterocycles. The average molecular weight is 441 g/mol. The summed E-state index contributed by atoms with van der Waals surface area (Å²) in [4.78, 5) is 28.7. The van der Waals surface area contributed by atoms with Gasteiger partial charge in [0.2, 0.25) is 5.91 Å². The summed E-state index contributed by atoms with van der Waals surface area (Å²) in [6.07, 6.45) is 1.89. The summed E-state index contributed by atoms with van der Waals surface area (Å²) in [5.41, 5.74) is 2.75. The Kier molecular flexibility index (Phi) is 4.65. The number of rotatable bonds is 2. The van der Waals surface area contributed by atoms with Crippen LogP contribution < -0.4 is 10.2 Å². The van der Waals surface area contributed by atoms with Crippen molar-refractivity contribution in [1.29, 1.82) is 0 Å². The number of aromatic nitrogens is 2. The van der Waals surface area contributed by atoms with Crippen molar-refractivity contribution >= 4 is 29.0 Å². The van der Waals surface area contributed by atoms with Crippen LogP contribution in [0.2, 0.25) is 0 Å². The molecule has 32 heavy (non-hydrogen) atoms. The van der Waals surface area contributed by atoms with E-state index in [0.29, 0.717) is 17.9 Å². The normalized spacial score (nSPS) is 17.4. The van der Waals surface area contributed by atoms with Crippen LogP contribution in [0.5, 0.6) is 0 Å². The highest BCUT2D eigenvalue weighted by Crippen LogP contribution is 2.38. The maximum atomic E-state index is 13.5. The summed E-state index contributed by atoms with van der Waals surface area (Å²) in [5.74, 6) is -4.47. The molecule has 164 valence electrons. The molecule has 5 rings (SSSR count). The molecular weight excluding hydrogens is 423 g/mol. The number of nitrogens with zero attached hydrogens (tertiary/aromatic N) is 4. The van der Waals surface area contributed by atoms with Crippen molar-refractivity contribution in [3.05, 3.63) is 71.3 Å². The lowest BCUT2D eigenvalue weighted by Gasteiger charge is -2.35. The summed E-state index contributed by atoms with van der Waals surface area (Å²) >= 11 is 0. The quantitative estimate of drug-likeness (QED) is 0.612. The summed E-state index contributed by atoms with van der Waals surface area (Å²) in [6.45, 7) is 2.31. The van der Waals surface area contributed by atoms with Gasteiger partial charge in [-0.3, -0.25) is 14.4 Å². The second-order valence-electron chi connectivity index (χ2n) is 7.85. The number of halogens is 3. The summed E-state index contributed by atoms with van der Waals surface area (Å²) in [7, 11) is 0. The van der Waals surface area contributed by atoms with Crippen molar-refractivity contribution in [2.24, 2.45) is 0 Å². The second kappa shape index (κ2) is 7.40. The van der Waals surface area contributed by atoms with Gasteiger partial charge in [-0.05, 0) is 18.6 Å². The molecule has 0 unspecified atom stereocenters. The van der Waals surface area contributed by atoms with Crippen LogP contribution in [0.1, 0.15) is 18.2 Å². The van der Waals surface area contributed by atoms with E-state index in [1.54, 1.807) is 15.8 Å². The fourth-order valence-electron chi connectivity index (χ4n) is 4.19. The minimum atomic E-state index is -1.60. The maximum Gasteiger partial charge on any atom is 0.322 e. The van der Waals surface area contributed by atoms with Gasteiger partial charge in [0.05, 0.1) is 48.8 Å². The molecule has 0 aliphatic carbocycles. The second-order valence-corrected chi connectivity index (χ2v) is 7.85. The zero-order chi connectivity index (χ0) is 22.6. The SMILES string of the molecule is C[C@H]1Cn2ncc(N3C(=O)Cc4ccccc43)c2CN1C(=O)Nc1cc(F)c(F)c(F)c1. The number of fused-ring (bicyclic) bond motifs is 2. The molecule has 3 amide bonds. The van der Waals surface area contributed by atoms with Crippen LogP contribution in [0.15, 0.2) is 42.6 Å². The molecule has 0 radical (unpaired) electrons. The summed E-state index contributed by atoms with van der Waals surface area (Å²) in [6, 6.07) is 8.03. The summed E-state index contributed by atoms with van der Waals surface area (Å²) < 4.78 is 42.0. The van der Waals surface area contributed by atoms with Gasteiger partial charge < -0.3 is 10.2 Å². The van der Waals surface area contributed by atoms with Crippen molar-refractivity contribution in [3.63, 3.8) is 0 Å². The zero-order valence-electron chi connectivity index (χ0n) is 17.0. The Hall–Kier alpha value is -3.82. The number of hydrogen-bond donors (Lipinski definition) is 1. The van der Waals surface area contributed by atoms with Gasteiger partial charge in [-0.1, -0.05) is 18.2 Å². The molecule has 7 nitrogen and oxygen atoms in total. The van der Waals surface area contributed by atoms with E-state index in [0.717, 1.165) is 23.4 Å². The van der Waals surface area contributed by atoms with Crippen LogP contribution in [0.25, 0.3) is 0 Å². The number of hydrogen-bond acceptors (Lipinski definition) is 3. The predicted molar refractivity (Wildman–Crippen MR) is 110 cm³/mol. The van der Waals surface area contributed by atoms with Crippen molar-refractivity contribution in [1.82, 2.24) is 14.7 Å². The Labute approximate surface area is 181 Å². The van der Waals surface area contributed by atoms with Gasteiger partial charge in [0.25, 0.3) is 0 Å². The van der Waals surface area contributed by atoms with Crippen LogP contribution in [-0.2, 0) is 24.3 Å². The fraction of sp³-hybridized carbons (Fsp3) is 0.227. The predicted octanol–water partition coefficient (Wildman–Crippen LogP) is 3.96. The van der Waals surface area contributed by atoms with Gasteiger partial charge in [-0.25, -0.2) is 18.0 Å². The van der Waals surface area contributed by atoms with E-state index in [-0.39, 0.29) is 30.6 Å². The first-order valence-electron chi connectivity index (χ1n) is 10.0. The van der Waals surface area contributed by atoms with Crippen LogP contribution >= 0.6 is 0 Å². The molecule has 0 bridgehead atoms. The number of carbonyl (C=O) groups is 2. The average Bonchev–Trinajstić information content (AvgIpc) is 3.30. The summed E-state index contributed by atoms with van der Waals surface area (Å²) in [5, 5.41) is 6.81. The Morgan fingerprint density at radius 3 is 2.59 bits per heavy atom. The lowest BCUT2D eigenvalue weighted by molar-refractivity contribution is -0.116. The Morgan fingerprint density at radius 2 is 1.84 bits per heavy atom. The van der Waals surface area contributed by atoms with Gasteiger partial charge in [0, 0.05) is 17.8 Å². The van der Waals surface area contributed by atoms with Crippen molar-refractivity contribution in [3.8, 4) is 0 Å². The monoisotopic (exact) mass is 441 g/mol. The lowest BCUT2D eigenvalue weighted by Crippen LogP contribution is -2.47. The number of nitrogens with one attached hydrogen (secondary N) is 1. The van der Waals surface area contributed by atoms with Crippen molar-refractivity contribution in [2.75, 3.05) is 10.2 Å². The van der Waals surface area contributed by atoms with E-state index in [2.05, 4.69) is 10.4 Å². The van der Waals surface area contributed by atoms with E-state index in [1.807, 2.05) is 31.2 Å². The molecule has 3 aromatic rings. The number of benzene rings is 2. The number of carbonyl (C=O) groups excluding carboxylic acids is 2. The molecule has 0 fully saturated rings. The molecule has 0 saturated heterocycles. The third-order valence-corrected chi connectivity index (χ3v) is 5.78. The van der Waals surface area contributed by atoms with E-state index >= 15 is 0 Å². The molecule has 0 saturated carbocycles. The van der Waals surface area contributed by atoms with Crippen LogP contribution in [-0.4, -0.2) is 32.7 Å². The van der Waals surface area contributed by atoms with E-state index < -0.39 is 23.5 Å². The first-order valence-corrected chi connectivity index (χ1v) is 10.0. The van der Waals surface area contributed by atoms with Gasteiger partial charge in [-0.2, -0.15) is 5.10 Å². The number of anilines is 3. The molecular formula is C22H18F3N5O2. The Bertz CT molecular complexity index is 1240. The van der Waals surface area contributed by atoms with E-state index in [9.17, 15) is 22.8 Å². The first-order chi connectivity index (χ1) is 15.3.